The summed E-state index contributed by atoms with van der Waals surface area (Å²) in [6.07, 6.45) is 9.17. The van der Waals surface area contributed by atoms with Crippen molar-refractivity contribution in [2.75, 3.05) is 7.05 Å². The summed E-state index contributed by atoms with van der Waals surface area (Å²) < 4.78 is 0. The standard InChI is InChI=1S/C9H14N2/c1-3-8-5-4-6-9(11-8)7-10-2/h4-7,10-11H,3H2,1-2H3. The SMILES string of the molecule is CCC1=CC=CC(=CNC)N1. The summed E-state index contributed by atoms with van der Waals surface area (Å²) in [5.74, 6) is 0. The predicted molar refractivity (Wildman–Crippen MR) is 47.8 cm³/mol. The second-order valence-electron chi connectivity index (χ2n) is 2.42. The van der Waals surface area contributed by atoms with Crippen LogP contribution < -0.4 is 10.6 Å². The van der Waals surface area contributed by atoms with Crippen LogP contribution in [0.25, 0.3) is 0 Å². The van der Waals surface area contributed by atoms with Crippen LogP contribution in [-0.4, -0.2) is 7.05 Å². The van der Waals surface area contributed by atoms with E-state index in [0.717, 1.165) is 12.1 Å². The predicted octanol–water partition coefficient (Wildman–Crippen LogP) is 1.50. The molecule has 11 heavy (non-hydrogen) atoms. The zero-order valence-electron chi connectivity index (χ0n) is 7.02. The summed E-state index contributed by atoms with van der Waals surface area (Å²) in [6, 6.07) is 0. The molecule has 0 fully saturated rings. The molecule has 2 N–H and O–H groups in total. The molecule has 2 nitrogen and oxygen atoms in total. The summed E-state index contributed by atoms with van der Waals surface area (Å²) in [7, 11) is 1.90. The molecule has 60 valence electrons. The molecule has 0 aromatic heterocycles. The highest BCUT2D eigenvalue weighted by Gasteiger charge is 1.98. The van der Waals surface area contributed by atoms with E-state index < -0.39 is 0 Å². The first-order valence-electron chi connectivity index (χ1n) is 3.88. The second-order valence-corrected chi connectivity index (χ2v) is 2.42. The monoisotopic (exact) mass is 150 g/mol. The van der Waals surface area contributed by atoms with Crippen molar-refractivity contribution in [1.82, 2.24) is 10.6 Å². The first kappa shape index (κ1) is 7.92. The van der Waals surface area contributed by atoms with Gasteiger partial charge in [-0.15, -0.1) is 0 Å². The van der Waals surface area contributed by atoms with Crippen LogP contribution in [0.1, 0.15) is 13.3 Å². The molecule has 0 aliphatic carbocycles. The summed E-state index contributed by atoms with van der Waals surface area (Å²) >= 11 is 0. The quantitative estimate of drug-likeness (QED) is 0.623. The molecule has 0 unspecified atom stereocenters. The highest BCUT2D eigenvalue weighted by Crippen LogP contribution is 2.06. The number of hydrogen-bond donors (Lipinski definition) is 2. The first-order chi connectivity index (χ1) is 5.36. The Morgan fingerprint density at radius 3 is 3.09 bits per heavy atom. The van der Waals surface area contributed by atoms with Crippen molar-refractivity contribution in [2.24, 2.45) is 0 Å². The van der Waals surface area contributed by atoms with Gasteiger partial charge in [0.25, 0.3) is 0 Å². The molecule has 0 spiro atoms. The van der Waals surface area contributed by atoms with Gasteiger partial charge >= 0.3 is 0 Å². The van der Waals surface area contributed by atoms with Crippen molar-refractivity contribution in [3.63, 3.8) is 0 Å². The Morgan fingerprint density at radius 2 is 2.45 bits per heavy atom. The lowest BCUT2D eigenvalue weighted by atomic mass is 10.2. The van der Waals surface area contributed by atoms with E-state index in [-0.39, 0.29) is 0 Å². The minimum Gasteiger partial charge on any atom is -0.392 e. The van der Waals surface area contributed by atoms with Crippen molar-refractivity contribution < 1.29 is 0 Å². The molecule has 1 heterocycles. The van der Waals surface area contributed by atoms with Crippen LogP contribution in [0.2, 0.25) is 0 Å². The summed E-state index contributed by atoms with van der Waals surface area (Å²) in [4.78, 5) is 0. The lowest BCUT2D eigenvalue weighted by Crippen LogP contribution is -2.15. The maximum atomic E-state index is 3.28. The van der Waals surface area contributed by atoms with E-state index in [1.165, 1.54) is 5.70 Å². The highest BCUT2D eigenvalue weighted by atomic mass is 14.9. The van der Waals surface area contributed by atoms with Crippen LogP contribution >= 0.6 is 0 Å². The van der Waals surface area contributed by atoms with Gasteiger partial charge in [0.2, 0.25) is 0 Å². The zero-order chi connectivity index (χ0) is 8.10. The number of allylic oxidation sites excluding steroid dienone is 4. The van der Waals surface area contributed by atoms with Gasteiger partial charge in [-0.2, -0.15) is 0 Å². The molecule has 0 saturated heterocycles. The molecule has 0 aromatic carbocycles. The van der Waals surface area contributed by atoms with Crippen molar-refractivity contribution in [3.8, 4) is 0 Å². The van der Waals surface area contributed by atoms with Crippen LogP contribution in [0, 0.1) is 0 Å². The lowest BCUT2D eigenvalue weighted by molar-refractivity contribution is 0.886. The number of rotatable bonds is 2. The molecule has 0 atom stereocenters. The van der Waals surface area contributed by atoms with Crippen molar-refractivity contribution in [3.05, 3.63) is 35.8 Å². The van der Waals surface area contributed by atoms with Crippen LogP contribution in [0.5, 0.6) is 0 Å². The Hall–Kier alpha value is -1.18. The maximum absolute atomic E-state index is 3.28. The first-order valence-corrected chi connectivity index (χ1v) is 3.88. The Bertz CT molecular complexity index is 212. The largest absolute Gasteiger partial charge is 0.392 e. The summed E-state index contributed by atoms with van der Waals surface area (Å²) in [6.45, 7) is 2.13. The maximum Gasteiger partial charge on any atom is 0.0541 e. The van der Waals surface area contributed by atoms with E-state index in [4.69, 9.17) is 0 Å². The van der Waals surface area contributed by atoms with E-state index in [1.54, 1.807) is 0 Å². The average molecular weight is 150 g/mol. The van der Waals surface area contributed by atoms with Crippen LogP contribution in [0.4, 0.5) is 0 Å². The van der Waals surface area contributed by atoms with Gasteiger partial charge in [0.15, 0.2) is 0 Å². The topological polar surface area (TPSA) is 24.1 Å². The van der Waals surface area contributed by atoms with E-state index in [9.17, 15) is 0 Å². The van der Waals surface area contributed by atoms with E-state index >= 15 is 0 Å². The van der Waals surface area contributed by atoms with Crippen molar-refractivity contribution >= 4 is 0 Å². The normalized spacial score (nSPS) is 19.5. The van der Waals surface area contributed by atoms with E-state index in [2.05, 4.69) is 29.7 Å². The highest BCUT2D eigenvalue weighted by molar-refractivity contribution is 5.30. The van der Waals surface area contributed by atoms with Crippen molar-refractivity contribution in [1.29, 1.82) is 0 Å². The Labute approximate surface area is 67.7 Å². The van der Waals surface area contributed by atoms with Crippen LogP contribution in [0.15, 0.2) is 35.8 Å². The van der Waals surface area contributed by atoms with Gasteiger partial charge in [0.05, 0.1) is 5.70 Å². The van der Waals surface area contributed by atoms with Gasteiger partial charge in [0.1, 0.15) is 0 Å². The number of dihydropyridines is 1. The fourth-order valence-electron chi connectivity index (χ4n) is 0.983. The molecule has 2 heteroatoms. The van der Waals surface area contributed by atoms with Crippen molar-refractivity contribution in [2.45, 2.75) is 13.3 Å². The molecule has 0 amide bonds. The van der Waals surface area contributed by atoms with Gasteiger partial charge in [0, 0.05) is 18.9 Å². The molecule has 1 aliphatic rings. The van der Waals surface area contributed by atoms with Gasteiger partial charge in [-0.1, -0.05) is 13.0 Å². The fraction of sp³-hybridized carbons (Fsp3) is 0.333. The molecule has 0 aromatic rings. The fourth-order valence-corrected chi connectivity index (χ4v) is 0.983. The van der Waals surface area contributed by atoms with E-state index in [1.807, 2.05) is 19.3 Å². The second kappa shape index (κ2) is 3.86. The Morgan fingerprint density at radius 1 is 1.64 bits per heavy atom. The summed E-state index contributed by atoms with van der Waals surface area (Å²) in [5, 5.41) is 6.26. The molecule has 1 aliphatic heterocycles. The molecular formula is C9H14N2. The third kappa shape index (κ3) is 2.15. The summed E-state index contributed by atoms with van der Waals surface area (Å²) in [5.41, 5.74) is 2.38. The average Bonchev–Trinajstić information content (AvgIpc) is 2.06. The van der Waals surface area contributed by atoms with Gasteiger partial charge in [-0.25, -0.2) is 0 Å². The van der Waals surface area contributed by atoms with Crippen LogP contribution in [0.3, 0.4) is 0 Å². The van der Waals surface area contributed by atoms with E-state index in [0.29, 0.717) is 0 Å². The molecule has 0 radical (unpaired) electrons. The van der Waals surface area contributed by atoms with Gasteiger partial charge in [-0.05, 0) is 18.6 Å². The number of nitrogens with one attached hydrogen (secondary N) is 2. The molecule has 0 bridgehead atoms. The number of hydrogen-bond acceptors (Lipinski definition) is 2. The molecule has 0 saturated carbocycles. The molecular weight excluding hydrogens is 136 g/mol. The minimum absolute atomic E-state index is 1.05. The third-order valence-electron chi connectivity index (χ3n) is 1.56. The third-order valence-corrected chi connectivity index (χ3v) is 1.56. The molecule has 1 rings (SSSR count). The zero-order valence-corrected chi connectivity index (χ0v) is 7.02. The lowest BCUT2D eigenvalue weighted by Gasteiger charge is -2.12. The smallest absolute Gasteiger partial charge is 0.0541 e. The minimum atomic E-state index is 1.05. The van der Waals surface area contributed by atoms with Crippen LogP contribution in [-0.2, 0) is 0 Å². The Kier molecular flexibility index (Phi) is 2.78. The van der Waals surface area contributed by atoms with Gasteiger partial charge in [-0.3, -0.25) is 0 Å². The van der Waals surface area contributed by atoms with Gasteiger partial charge < -0.3 is 10.6 Å². The Balaban J connectivity index is 2.62.